The first kappa shape index (κ1) is 21.9. The lowest BCUT2D eigenvalue weighted by Crippen LogP contribution is -2.13. The van der Waals surface area contributed by atoms with Crippen LogP contribution in [0.1, 0.15) is 23.6 Å². The molecule has 0 amide bonds. The third kappa shape index (κ3) is 5.85. The summed E-state index contributed by atoms with van der Waals surface area (Å²) in [6.07, 6.45) is 0. The maximum absolute atomic E-state index is 5.69. The predicted octanol–water partition coefficient (Wildman–Crippen LogP) is 5.11. The zero-order valence-electron chi connectivity index (χ0n) is 18.4. The van der Waals surface area contributed by atoms with Crippen molar-refractivity contribution in [2.24, 2.45) is 0 Å². The third-order valence-corrected chi connectivity index (χ3v) is 4.95. The lowest BCUT2D eigenvalue weighted by molar-refractivity contribution is 0.310. The number of methoxy groups -OCH3 is 1. The summed E-state index contributed by atoms with van der Waals surface area (Å²) < 4.78 is 11.1. The Labute approximate surface area is 180 Å². The molecule has 0 spiro atoms. The highest BCUT2D eigenvalue weighted by molar-refractivity contribution is 5.67. The van der Waals surface area contributed by atoms with Crippen molar-refractivity contribution in [3.05, 3.63) is 83.4 Å². The Hall–Kier alpha value is -2.82. The van der Waals surface area contributed by atoms with Gasteiger partial charge in [0.2, 0.25) is 0 Å². The van der Waals surface area contributed by atoms with Crippen molar-refractivity contribution in [3.8, 4) is 22.6 Å². The van der Waals surface area contributed by atoms with Gasteiger partial charge in [0.15, 0.2) is 11.5 Å². The molecule has 4 nitrogen and oxygen atoms in total. The first-order chi connectivity index (χ1) is 14.6. The maximum atomic E-state index is 5.69. The Morgan fingerprint density at radius 1 is 0.833 bits per heavy atom. The molecule has 0 saturated heterocycles. The fourth-order valence-corrected chi connectivity index (χ4v) is 3.55. The monoisotopic (exact) mass is 404 g/mol. The number of nitrogens with zero attached hydrogens (tertiary/aromatic N) is 1. The van der Waals surface area contributed by atoms with E-state index in [4.69, 9.17) is 9.47 Å². The van der Waals surface area contributed by atoms with Gasteiger partial charge in [0.1, 0.15) is 0 Å². The normalized spacial score (nSPS) is 11.0. The van der Waals surface area contributed by atoms with Gasteiger partial charge in [-0.15, -0.1) is 0 Å². The van der Waals surface area contributed by atoms with Crippen LogP contribution in [0.5, 0.6) is 11.5 Å². The van der Waals surface area contributed by atoms with E-state index in [-0.39, 0.29) is 0 Å². The minimum absolute atomic E-state index is 0.619. The second-order valence-corrected chi connectivity index (χ2v) is 7.61. The van der Waals surface area contributed by atoms with E-state index in [1.54, 1.807) is 7.11 Å². The van der Waals surface area contributed by atoms with Crippen LogP contribution in [0.25, 0.3) is 11.1 Å². The lowest BCUT2D eigenvalue weighted by atomic mass is 9.98. The van der Waals surface area contributed by atoms with Gasteiger partial charge in [0.25, 0.3) is 0 Å². The molecule has 0 heterocycles. The Balaban J connectivity index is 1.68. The fourth-order valence-electron chi connectivity index (χ4n) is 3.55. The second kappa shape index (κ2) is 10.8. The molecular weight excluding hydrogens is 372 g/mol. The molecule has 158 valence electrons. The predicted molar refractivity (Wildman–Crippen MR) is 124 cm³/mol. The summed E-state index contributed by atoms with van der Waals surface area (Å²) in [5.74, 6) is 1.56. The molecule has 3 aromatic rings. The van der Waals surface area contributed by atoms with Crippen LogP contribution in [0, 0.1) is 0 Å². The first-order valence-electron chi connectivity index (χ1n) is 10.4. The van der Waals surface area contributed by atoms with E-state index in [1.165, 1.54) is 27.8 Å². The second-order valence-electron chi connectivity index (χ2n) is 7.61. The summed E-state index contributed by atoms with van der Waals surface area (Å²) >= 11 is 0. The number of nitrogens with one attached hydrogen (secondary N) is 1. The molecule has 0 bridgehead atoms. The molecule has 0 saturated carbocycles. The first-order valence-corrected chi connectivity index (χ1v) is 10.4. The summed E-state index contributed by atoms with van der Waals surface area (Å²) in [4.78, 5) is 2.18. The summed E-state index contributed by atoms with van der Waals surface area (Å²) in [6.45, 7) is 5.11. The Morgan fingerprint density at radius 3 is 2.27 bits per heavy atom. The highest BCUT2D eigenvalue weighted by atomic mass is 16.5. The zero-order chi connectivity index (χ0) is 21.3. The summed E-state index contributed by atoms with van der Waals surface area (Å²) in [5, 5.41) is 3.57. The molecule has 0 unspecified atom stereocenters. The standard InChI is InChI=1S/C26H32N2O2/c1-5-30-26-16-21(12-15-25(26)29-4)17-27-18-23-8-6-7-9-24(23)22-13-10-20(11-14-22)19-28(2)3/h6-16,27H,5,17-19H2,1-4H3. The maximum Gasteiger partial charge on any atom is 0.161 e. The van der Waals surface area contributed by atoms with E-state index in [2.05, 4.69) is 78.9 Å². The molecule has 0 aliphatic rings. The molecule has 1 N–H and O–H groups in total. The minimum Gasteiger partial charge on any atom is -0.493 e. The van der Waals surface area contributed by atoms with E-state index >= 15 is 0 Å². The van der Waals surface area contributed by atoms with Crippen molar-refractivity contribution in [2.45, 2.75) is 26.6 Å². The smallest absolute Gasteiger partial charge is 0.161 e. The van der Waals surface area contributed by atoms with Gasteiger partial charge in [-0.1, -0.05) is 54.6 Å². The average molecular weight is 405 g/mol. The lowest BCUT2D eigenvalue weighted by Gasteiger charge is -2.14. The van der Waals surface area contributed by atoms with Crippen LogP contribution in [-0.2, 0) is 19.6 Å². The van der Waals surface area contributed by atoms with E-state index in [9.17, 15) is 0 Å². The van der Waals surface area contributed by atoms with Crippen molar-refractivity contribution in [3.63, 3.8) is 0 Å². The van der Waals surface area contributed by atoms with Crippen LogP contribution in [0.15, 0.2) is 66.7 Å². The van der Waals surface area contributed by atoms with Crippen molar-refractivity contribution < 1.29 is 9.47 Å². The van der Waals surface area contributed by atoms with Gasteiger partial charge in [-0.2, -0.15) is 0 Å². The van der Waals surface area contributed by atoms with Crippen LogP contribution < -0.4 is 14.8 Å². The molecule has 0 aliphatic heterocycles. The van der Waals surface area contributed by atoms with Crippen molar-refractivity contribution >= 4 is 0 Å². The van der Waals surface area contributed by atoms with Crippen LogP contribution in [0.2, 0.25) is 0 Å². The van der Waals surface area contributed by atoms with Gasteiger partial charge < -0.3 is 19.7 Å². The van der Waals surface area contributed by atoms with Crippen LogP contribution in [0.4, 0.5) is 0 Å². The van der Waals surface area contributed by atoms with Gasteiger partial charge >= 0.3 is 0 Å². The van der Waals surface area contributed by atoms with Crippen LogP contribution in [-0.4, -0.2) is 32.7 Å². The molecule has 4 heteroatoms. The van der Waals surface area contributed by atoms with E-state index in [0.717, 1.165) is 31.1 Å². The topological polar surface area (TPSA) is 33.7 Å². The van der Waals surface area contributed by atoms with Gasteiger partial charge in [-0.3, -0.25) is 0 Å². The van der Waals surface area contributed by atoms with Crippen molar-refractivity contribution in [1.82, 2.24) is 10.2 Å². The van der Waals surface area contributed by atoms with E-state index in [1.807, 2.05) is 19.1 Å². The zero-order valence-corrected chi connectivity index (χ0v) is 18.4. The molecule has 3 rings (SSSR count). The third-order valence-electron chi connectivity index (χ3n) is 4.95. The van der Waals surface area contributed by atoms with Crippen molar-refractivity contribution in [1.29, 1.82) is 0 Å². The minimum atomic E-state index is 0.619. The van der Waals surface area contributed by atoms with E-state index in [0.29, 0.717) is 6.61 Å². The van der Waals surface area contributed by atoms with Gasteiger partial charge in [-0.25, -0.2) is 0 Å². The highest BCUT2D eigenvalue weighted by Gasteiger charge is 2.07. The number of hydrogen-bond donors (Lipinski definition) is 1. The van der Waals surface area contributed by atoms with Crippen LogP contribution in [0.3, 0.4) is 0 Å². The molecule has 3 aromatic carbocycles. The summed E-state index contributed by atoms with van der Waals surface area (Å²) in [6, 6.07) is 23.5. The number of hydrogen-bond acceptors (Lipinski definition) is 4. The molecule has 0 atom stereocenters. The molecule has 0 fully saturated rings. The van der Waals surface area contributed by atoms with Crippen molar-refractivity contribution in [2.75, 3.05) is 27.8 Å². The Morgan fingerprint density at radius 2 is 1.57 bits per heavy atom. The molecule has 0 aliphatic carbocycles. The number of ether oxygens (including phenoxy) is 2. The summed E-state index contributed by atoms with van der Waals surface area (Å²) in [7, 11) is 5.85. The highest BCUT2D eigenvalue weighted by Crippen LogP contribution is 2.28. The molecule has 30 heavy (non-hydrogen) atoms. The molecule has 0 aromatic heterocycles. The van der Waals surface area contributed by atoms with Gasteiger partial charge in [-0.05, 0) is 61.0 Å². The SMILES string of the molecule is CCOc1cc(CNCc2ccccc2-c2ccc(CN(C)C)cc2)ccc1OC. The van der Waals surface area contributed by atoms with Gasteiger partial charge in [0.05, 0.1) is 13.7 Å². The number of benzene rings is 3. The van der Waals surface area contributed by atoms with Crippen LogP contribution >= 0.6 is 0 Å². The Kier molecular flexibility index (Phi) is 7.89. The van der Waals surface area contributed by atoms with Gasteiger partial charge in [0, 0.05) is 19.6 Å². The largest absolute Gasteiger partial charge is 0.493 e. The quantitative estimate of drug-likeness (QED) is 0.509. The fraction of sp³-hybridized carbons (Fsp3) is 0.308. The van der Waals surface area contributed by atoms with E-state index < -0.39 is 0 Å². The average Bonchev–Trinajstić information content (AvgIpc) is 2.75. The number of rotatable bonds is 10. The summed E-state index contributed by atoms with van der Waals surface area (Å²) in [5.41, 5.74) is 6.30. The Bertz CT molecular complexity index is 936. The molecule has 0 radical (unpaired) electrons. The molecular formula is C26H32N2O2.